The number of carbonyl (C=O) groups is 1. The van der Waals surface area contributed by atoms with Crippen molar-refractivity contribution >= 4 is 11.8 Å². The van der Waals surface area contributed by atoms with Gasteiger partial charge in [-0.1, -0.05) is 6.07 Å². The number of nitrogens with one attached hydrogen (secondary N) is 1. The fourth-order valence-electron chi connectivity index (χ4n) is 3.43. The Morgan fingerprint density at radius 3 is 2.86 bits per heavy atom. The Morgan fingerprint density at radius 1 is 1.18 bits per heavy atom. The highest BCUT2D eigenvalue weighted by Gasteiger charge is 2.17. The lowest BCUT2D eigenvalue weighted by Crippen LogP contribution is -2.30. The molecular weight excluding hydrogens is 356 g/mol. The molecule has 0 bridgehead atoms. The number of ether oxygens (including phenoxy) is 1. The Morgan fingerprint density at radius 2 is 2.04 bits per heavy atom. The highest BCUT2D eigenvalue weighted by Crippen LogP contribution is 2.20. The Balaban J connectivity index is 1.30. The number of carboxylic acids is 1. The summed E-state index contributed by atoms with van der Waals surface area (Å²) in [5, 5.41) is 12.2. The van der Waals surface area contributed by atoms with E-state index in [1.165, 1.54) is 30.4 Å². The molecule has 3 rings (SSSR count). The molecule has 1 aliphatic rings. The number of nitrogens with zero attached hydrogens (tertiary/aromatic N) is 3. The fourth-order valence-corrected chi connectivity index (χ4v) is 3.43. The molecule has 0 aliphatic heterocycles. The number of aromatic nitrogens is 3. The van der Waals surface area contributed by atoms with Gasteiger partial charge in [0.25, 0.3) is 0 Å². The standard InChI is InChI=1S/C21H28N4O3/c26-21(27)19(25-20-11-12-22-15-23-20)8-4-14-28-13-3-6-17-10-9-16-5-1-2-7-18(16)24-17/h9-12,15,19H,1-8,13-14H2,(H,26,27)(H,22,23,25)/t19-/m0/s1. The lowest BCUT2D eigenvalue weighted by atomic mass is 9.95. The van der Waals surface area contributed by atoms with Gasteiger partial charge in [-0.2, -0.15) is 0 Å². The first kappa shape index (κ1) is 20.2. The van der Waals surface area contributed by atoms with Crippen LogP contribution in [-0.2, 0) is 28.8 Å². The van der Waals surface area contributed by atoms with Gasteiger partial charge in [0.2, 0.25) is 0 Å². The lowest BCUT2D eigenvalue weighted by molar-refractivity contribution is -0.138. The second-order valence-electron chi connectivity index (χ2n) is 7.10. The molecule has 0 aromatic carbocycles. The number of aliphatic carboxylic acids is 1. The number of aryl methyl sites for hydroxylation is 3. The molecule has 150 valence electrons. The third-order valence-corrected chi connectivity index (χ3v) is 4.94. The van der Waals surface area contributed by atoms with E-state index >= 15 is 0 Å². The number of hydrogen-bond donors (Lipinski definition) is 2. The second-order valence-corrected chi connectivity index (χ2v) is 7.10. The van der Waals surface area contributed by atoms with Gasteiger partial charge in [0.05, 0.1) is 0 Å². The van der Waals surface area contributed by atoms with E-state index in [1.807, 2.05) is 0 Å². The molecule has 2 N–H and O–H groups in total. The first-order valence-corrected chi connectivity index (χ1v) is 10.0. The molecule has 0 saturated heterocycles. The zero-order valence-electron chi connectivity index (χ0n) is 16.1. The molecule has 7 nitrogen and oxygen atoms in total. The Bertz CT molecular complexity index is 755. The van der Waals surface area contributed by atoms with Gasteiger partial charge >= 0.3 is 5.97 Å². The molecule has 28 heavy (non-hydrogen) atoms. The average Bonchev–Trinajstić information content (AvgIpc) is 2.72. The van der Waals surface area contributed by atoms with Crippen molar-refractivity contribution in [2.75, 3.05) is 18.5 Å². The summed E-state index contributed by atoms with van der Waals surface area (Å²) in [6.45, 7) is 1.21. The molecule has 1 atom stereocenters. The normalized spacial score (nSPS) is 14.3. The number of hydrogen-bond acceptors (Lipinski definition) is 6. The summed E-state index contributed by atoms with van der Waals surface area (Å²) in [6.07, 6.45) is 10.7. The van der Waals surface area contributed by atoms with Crippen LogP contribution in [0.1, 0.15) is 49.1 Å². The molecule has 0 fully saturated rings. The minimum absolute atomic E-state index is 0.478. The molecule has 1 aliphatic carbocycles. The van der Waals surface area contributed by atoms with E-state index in [1.54, 1.807) is 12.3 Å². The first-order chi connectivity index (χ1) is 13.7. The van der Waals surface area contributed by atoms with Gasteiger partial charge in [0.15, 0.2) is 0 Å². The highest BCUT2D eigenvalue weighted by molar-refractivity contribution is 5.76. The summed E-state index contributed by atoms with van der Waals surface area (Å²) >= 11 is 0. The molecule has 7 heteroatoms. The van der Waals surface area contributed by atoms with Gasteiger partial charge < -0.3 is 15.2 Å². The van der Waals surface area contributed by atoms with Crippen LogP contribution in [-0.4, -0.2) is 45.3 Å². The highest BCUT2D eigenvalue weighted by atomic mass is 16.5. The maximum absolute atomic E-state index is 11.4. The number of rotatable bonds is 11. The zero-order valence-corrected chi connectivity index (χ0v) is 16.1. The topological polar surface area (TPSA) is 97.2 Å². The van der Waals surface area contributed by atoms with Gasteiger partial charge in [0.1, 0.15) is 18.2 Å². The van der Waals surface area contributed by atoms with Crippen LogP contribution in [0.3, 0.4) is 0 Å². The molecule has 0 radical (unpaired) electrons. The van der Waals surface area contributed by atoms with Crippen LogP contribution in [0.2, 0.25) is 0 Å². The predicted molar refractivity (Wildman–Crippen MR) is 106 cm³/mol. The van der Waals surface area contributed by atoms with Crippen LogP contribution < -0.4 is 5.32 Å². The summed E-state index contributed by atoms with van der Waals surface area (Å²) in [6, 6.07) is 5.34. The Labute approximate surface area is 165 Å². The van der Waals surface area contributed by atoms with Crippen LogP contribution in [0, 0.1) is 0 Å². The largest absolute Gasteiger partial charge is 0.480 e. The van der Waals surface area contributed by atoms with Crippen molar-refractivity contribution in [2.24, 2.45) is 0 Å². The van der Waals surface area contributed by atoms with Crippen molar-refractivity contribution in [3.63, 3.8) is 0 Å². The SMILES string of the molecule is O=C(O)[C@H](CCCOCCCc1ccc2c(n1)CCCC2)Nc1ccncn1. The van der Waals surface area contributed by atoms with E-state index in [0.717, 1.165) is 31.4 Å². The van der Waals surface area contributed by atoms with Gasteiger partial charge in [-0.3, -0.25) is 4.98 Å². The van der Waals surface area contributed by atoms with Gasteiger partial charge in [-0.25, -0.2) is 14.8 Å². The summed E-state index contributed by atoms with van der Waals surface area (Å²) in [4.78, 5) is 24.0. The third-order valence-electron chi connectivity index (χ3n) is 4.94. The minimum Gasteiger partial charge on any atom is -0.480 e. The maximum Gasteiger partial charge on any atom is 0.326 e. The summed E-state index contributed by atoms with van der Waals surface area (Å²) in [7, 11) is 0. The Hall–Kier alpha value is -2.54. The van der Waals surface area contributed by atoms with Crippen LogP contribution in [0.4, 0.5) is 5.82 Å². The Kier molecular flexibility index (Phi) is 7.72. The number of anilines is 1. The molecule has 2 aromatic heterocycles. The van der Waals surface area contributed by atoms with E-state index < -0.39 is 12.0 Å². The van der Waals surface area contributed by atoms with E-state index in [4.69, 9.17) is 9.72 Å². The van der Waals surface area contributed by atoms with Crippen molar-refractivity contribution in [3.05, 3.63) is 47.7 Å². The molecule has 2 aromatic rings. The van der Waals surface area contributed by atoms with E-state index in [2.05, 4.69) is 27.4 Å². The second kappa shape index (κ2) is 10.7. The summed E-state index contributed by atoms with van der Waals surface area (Å²) < 4.78 is 5.67. The zero-order chi connectivity index (χ0) is 19.6. The van der Waals surface area contributed by atoms with Crippen LogP contribution in [0.15, 0.2) is 30.7 Å². The van der Waals surface area contributed by atoms with Crippen LogP contribution in [0.5, 0.6) is 0 Å². The summed E-state index contributed by atoms with van der Waals surface area (Å²) in [5.41, 5.74) is 3.83. The average molecular weight is 384 g/mol. The summed E-state index contributed by atoms with van der Waals surface area (Å²) in [5.74, 6) is -0.377. The molecule has 0 unspecified atom stereocenters. The maximum atomic E-state index is 11.4. The number of carboxylic acid groups (broad SMARTS) is 1. The van der Waals surface area contributed by atoms with Gasteiger partial charge in [0, 0.05) is 30.8 Å². The van der Waals surface area contributed by atoms with Crippen molar-refractivity contribution in [1.82, 2.24) is 15.0 Å². The van der Waals surface area contributed by atoms with Crippen molar-refractivity contribution in [2.45, 2.75) is 57.4 Å². The predicted octanol–water partition coefficient (Wildman–Crippen LogP) is 3.05. The third kappa shape index (κ3) is 6.27. The molecular formula is C21H28N4O3. The molecule has 2 heterocycles. The lowest BCUT2D eigenvalue weighted by Gasteiger charge is -2.15. The number of pyridine rings is 1. The molecule has 0 saturated carbocycles. The van der Waals surface area contributed by atoms with E-state index in [0.29, 0.717) is 31.9 Å². The minimum atomic E-state index is -0.892. The van der Waals surface area contributed by atoms with Crippen LogP contribution in [0.25, 0.3) is 0 Å². The van der Waals surface area contributed by atoms with E-state index in [9.17, 15) is 9.90 Å². The smallest absolute Gasteiger partial charge is 0.326 e. The molecule has 0 amide bonds. The van der Waals surface area contributed by atoms with Crippen molar-refractivity contribution < 1.29 is 14.6 Å². The van der Waals surface area contributed by atoms with Gasteiger partial charge in [-0.15, -0.1) is 0 Å². The number of fused-ring (bicyclic) bond motifs is 1. The molecule has 0 spiro atoms. The quantitative estimate of drug-likeness (QED) is 0.575. The van der Waals surface area contributed by atoms with Crippen molar-refractivity contribution in [3.8, 4) is 0 Å². The van der Waals surface area contributed by atoms with Crippen molar-refractivity contribution in [1.29, 1.82) is 0 Å². The fraction of sp³-hybridized carbons (Fsp3) is 0.524. The first-order valence-electron chi connectivity index (χ1n) is 10.0. The monoisotopic (exact) mass is 384 g/mol. The van der Waals surface area contributed by atoms with Crippen LogP contribution >= 0.6 is 0 Å². The van der Waals surface area contributed by atoms with E-state index in [-0.39, 0.29) is 0 Å². The van der Waals surface area contributed by atoms with Gasteiger partial charge in [-0.05, 0) is 69.1 Å².